The summed E-state index contributed by atoms with van der Waals surface area (Å²) in [5.74, 6) is -3.30. The van der Waals surface area contributed by atoms with Crippen molar-refractivity contribution in [3.63, 3.8) is 0 Å². The number of carbonyl (C=O) groups is 2. The van der Waals surface area contributed by atoms with Gasteiger partial charge in [-0.05, 0) is 41.0 Å². The van der Waals surface area contributed by atoms with Gasteiger partial charge in [0.15, 0.2) is 5.92 Å². The van der Waals surface area contributed by atoms with Gasteiger partial charge in [0, 0.05) is 12.4 Å². The predicted octanol–water partition coefficient (Wildman–Crippen LogP) is 6.21. The molecule has 4 aromatic rings. The van der Waals surface area contributed by atoms with Crippen LogP contribution in [0.1, 0.15) is 28.2 Å². The number of ether oxygens (including phenoxy) is 1. The Balaban J connectivity index is 1.74. The van der Waals surface area contributed by atoms with E-state index in [0.717, 1.165) is 18.2 Å². The van der Waals surface area contributed by atoms with Gasteiger partial charge < -0.3 is 4.74 Å². The molecule has 1 atom stereocenters. The first kappa shape index (κ1) is 26.8. The zero-order chi connectivity index (χ0) is 27.1. The van der Waals surface area contributed by atoms with Crippen molar-refractivity contribution in [1.29, 1.82) is 0 Å². The van der Waals surface area contributed by atoms with E-state index in [2.05, 4.69) is 9.97 Å². The summed E-state index contributed by atoms with van der Waals surface area (Å²) < 4.78 is 45.9. The number of esters is 1. The summed E-state index contributed by atoms with van der Waals surface area (Å²) in [7, 11) is 0. The molecule has 2 aromatic carbocycles. The molecule has 0 saturated heterocycles. The van der Waals surface area contributed by atoms with Crippen LogP contribution in [-0.4, -0.2) is 21.8 Å². The van der Waals surface area contributed by atoms with Crippen molar-refractivity contribution in [3.05, 3.63) is 125 Å². The highest BCUT2D eigenvalue weighted by molar-refractivity contribution is 6.29. The zero-order valence-electron chi connectivity index (χ0n) is 19.8. The van der Waals surface area contributed by atoms with Crippen LogP contribution in [0.5, 0.6) is 0 Å². The Morgan fingerprint density at radius 2 is 1.66 bits per heavy atom. The van der Waals surface area contributed by atoms with Gasteiger partial charge in [-0.1, -0.05) is 72.3 Å². The number of carbonyl (C=O) groups excluding carboxylic acids is 2. The summed E-state index contributed by atoms with van der Waals surface area (Å²) in [5, 5.41) is 0.246. The molecule has 0 bridgehead atoms. The van der Waals surface area contributed by atoms with E-state index in [1.54, 1.807) is 54.6 Å². The van der Waals surface area contributed by atoms with Crippen molar-refractivity contribution in [2.45, 2.75) is 25.2 Å². The number of anilines is 1. The molecule has 0 aliphatic heterocycles. The number of alkyl halides is 3. The lowest BCUT2D eigenvalue weighted by Crippen LogP contribution is -2.39. The first-order chi connectivity index (χ1) is 18.2. The molecule has 2 heterocycles. The third-order valence-electron chi connectivity index (χ3n) is 5.58. The van der Waals surface area contributed by atoms with Crippen LogP contribution in [-0.2, 0) is 33.7 Å². The van der Waals surface area contributed by atoms with Crippen LogP contribution in [0.15, 0.2) is 97.3 Å². The fourth-order valence-corrected chi connectivity index (χ4v) is 3.82. The molecule has 0 saturated carbocycles. The Bertz CT molecular complexity index is 1390. The Morgan fingerprint density at radius 1 is 0.895 bits per heavy atom. The molecule has 194 valence electrons. The van der Waals surface area contributed by atoms with Gasteiger partial charge in [-0.25, -0.2) is 9.97 Å². The molecule has 4 rings (SSSR count). The first-order valence-corrected chi connectivity index (χ1v) is 11.8. The monoisotopic (exact) mass is 539 g/mol. The second-order valence-electron chi connectivity index (χ2n) is 8.25. The second kappa shape index (κ2) is 11.9. The van der Waals surface area contributed by atoms with Gasteiger partial charge in [0.05, 0.1) is 12.1 Å². The minimum atomic E-state index is -4.67. The van der Waals surface area contributed by atoms with Gasteiger partial charge in [0.25, 0.3) is 0 Å². The lowest BCUT2D eigenvalue weighted by Gasteiger charge is -2.26. The van der Waals surface area contributed by atoms with Crippen LogP contribution < -0.4 is 4.90 Å². The average molecular weight is 540 g/mol. The van der Waals surface area contributed by atoms with E-state index in [1.165, 1.54) is 29.4 Å². The van der Waals surface area contributed by atoms with Crippen molar-refractivity contribution in [2.75, 3.05) is 4.90 Å². The fraction of sp³-hybridized carbons (Fsp3) is 0.143. The average Bonchev–Trinajstić information content (AvgIpc) is 2.92. The molecule has 38 heavy (non-hydrogen) atoms. The Hall–Kier alpha value is -4.24. The summed E-state index contributed by atoms with van der Waals surface area (Å²) in [5.41, 5.74) is 0.0757. The number of pyridine rings is 2. The maximum atomic E-state index is 14.0. The molecule has 10 heteroatoms. The summed E-state index contributed by atoms with van der Waals surface area (Å²) in [4.78, 5) is 36.8. The normalized spacial score (nSPS) is 12.0. The summed E-state index contributed by atoms with van der Waals surface area (Å²) in [6.45, 7) is -0.228. The Labute approximate surface area is 221 Å². The lowest BCUT2D eigenvalue weighted by molar-refractivity contribution is -0.150. The highest BCUT2D eigenvalue weighted by atomic mass is 35.5. The summed E-state index contributed by atoms with van der Waals surface area (Å²) in [6.07, 6.45) is -1.76. The molecule has 0 N–H and O–H groups in total. The minimum absolute atomic E-state index is 0.0680. The maximum Gasteiger partial charge on any atom is 0.416 e. The van der Waals surface area contributed by atoms with E-state index >= 15 is 0 Å². The van der Waals surface area contributed by atoms with E-state index in [1.807, 2.05) is 0 Å². The fourth-order valence-electron chi connectivity index (χ4n) is 3.71. The number of benzene rings is 2. The summed E-state index contributed by atoms with van der Waals surface area (Å²) in [6, 6.07) is 20.9. The van der Waals surface area contributed by atoms with Crippen LogP contribution in [0, 0.1) is 0 Å². The molecule has 2 aromatic heterocycles. The maximum absolute atomic E-state index is 14.0. The van der Waals surface area contributed by atoms with Crippen LogP contribution in [0.2, 0.25) is 5.15 Å². The van der Waals surface area contributed by atoms with E-state index in [0.29, 0.717) is 11.1 Å². The zero-order valence-corrected chi connectivity index (χ0v) is 20.6. The van der Waals surface area contributed by atoms with Crippen molar-refractivity contribution < 1.29 is 27.5 Å². The number of rotatable bonds is 8. The van der Waals surface area contributed by atoms with Crippen molar-refractivity contribution in [3.8, 4) is 0 Å². The molecular formula is C28H21ClF3N3O3. The smallest absolute Gasteiger partial charge is 0.416 e. The van der Waals surface area contributed by atoms with Crippen LogP contribution in [0.3, 0.4) is 0 Å². The molecule has 0 aliphatic rings. The molecule has 0 spiro atoms. The van der Waals surface area contributed by atoms with E-state index in [-0.39, 0.29) is 29.7 Å². The lowest BCUT2D eigenvalue weighted by atomic mass is 9.95. The van der Waals surface area contributed by atoms with Gasteiger partial charge in [0.2, 0.25) is 5.91 Å². The van der Waals surface area contributed by atoms with Gasteiger partial charge in [-0.3, -0.25) is 14.5 Å². The number of aromatic nitrogens is 2. The van der Waals surface area contributed by atoms with Crippen molar-refractivity contribution in [1.82, 2.24) is 9.97 Å². The van der Waals surface area contributed by atoms with Crippen LogP contribution >= 0.6 is 11.6 Å². The molecule has 1 amide bonds. The van der Waals surface area contributed by atoms with E-state index in [9.17, 15) is 22.8 Å². The Kier molecular flexibility index (Phi) is 8.38. The molecule has 6 nitrogen and oxygen atoms in total. The van der Waals surface area contributed by atoms with Gasteiger partial charge >= 0.3 is 12.1 Å². The van der Waals surface area contributed by atoms with Crippen molar-refractivity contribution >= 4 is 29.3 Å². The van der Waals surface area contributed by atoms with Gasteiger partial charge in [-0.15, -0.1) is 0 Å². The predicted molar refractivity (Wildman–Crippen MR) is 135 cm³/mol. The van der Waals surface area contributed by atoms with Crippen LogP contribution in [0.25, 0.3) is 0 Å². The number of nitrogens with zero attached hydrogens (tertiary/aromatic N) is 3. The highest BCUT2D eigenvalue weighted by Gasteiger charge is 2.37. The number of halogens is 4. The molecule has 0 fully saturated rings. The first-order valence-electron chi connectivity index (χ1n) is 11.4. The van der Waals surface area contributed by atoms with Gasteiger partial charge in [-0.2, -0.15) is 13.2 Å². The van der Waals surface area contributed by atoms with E-state index < -0.39 is 29.5 Å². The SMILES string of the molecule is O=C(OCc1ccccc1)C(C(=O)N(Cc1ccc(Cl)nc1)c1ccccn1)c1cccc(C(F)(F)F)c1. The van der Waals surface area contributed by atoms with Crippen molar-refractivity contribution in [2.24, 2.45) is 0 Å². The minimum Gasteiger partial charge on any atom is -0.460 e. The molecule has 0 aliphatic carbocycles. The largest absolute Gasteiger partial charge is 0.460 e. The third kappa shape index (κ3) is 6.74. The topological polar surface area (TPSA) is 72.4 Å². The number of hydrogen-bond acceptors (Lipinski definition) is 5. The molecule has 0 radical (unpaired) electrons. The highest BCUT2D eigenvalue weighted by Crippen LogP contribution is 2.33. The Morgan fingerprint density at radius 3 is 2.32 bits per heavy atom. The number of hydrogen-bond donors (Lipinski definition) is 0. The van der Waals surface area contributed by atoms with Gasteiger partial charge in [0.1, 0.15) is 17.6 Å². The van der Waals surface area contributed by atoms with Crippen LogP contribution in [0.4, 0.5) is 19.0 Å². The molecular weight excluding hydrogens is 519 g/mol. The summed E-state index contributed by atoms with van der Waals surface area (Å²) >= 11 is 5.88. The van der Waals surface area contributed by atoms with E-state index in [4.69, 9.17) is 16.3 Å². The standard InChI is InChI=1S/C28H21ClF3N3O3/c29-23-13-12-20(16-34-23)17-35(24-11-4-5-14-33-24)26(36)25(21-9-6-10-22(15-21)28(30,31)32)27(37)38-18-19-7-2-1-3-8-19/h1-16,25H,17-18H2. The molecule has 1 unspecified atom stereocenters. The second-order valence-corrected chi connectivity index (χ2v) is 8.64. The number of amides is 1. The third-order valence-corrected chi connectivity index (χ3v) is 5.80. The quantitative estimate of drug-likeness (QED) is 0.151.